The van der Waals surface area contributed by atoms with Gasteiger partial charge in [-0.2, -0.15) is 4.72 Å². The van der Waals surface area contributed by atoms with Crippen LogP contribution < -0.4 is 4.72 Å². The van der Waals surface area contributed by atoms with Gasteiger partial charge >= 0.3 is 5.97 Å². The number of carboxylic acids is 1. The van der Waals surface area contributed by atoms with Crippen molar-refractivity contribution in [3.8, 4) is 0 Å². The summed E-state index contributed by atoms with van der Waals surface area (Å²) >= 11 is 2.95. The quantitative estimate of drug-likeness (QED) is 0.855. The predicted molar refractivity (Wildman–Crippen MR) is 75.3 cm³/mol. The number of carboxylic acid groups (broad SMARTS) is 1. The Morgan fingerprint density at radius 1 is 1.40 bits per heavy atom. The van der Waals surface area contributed by atoms with Gasteiger partial charge in [0.25, 0.3) is 0 Å². The van der Waals surface area contributed by atoms with Crippen molar-refractivity contribution >= 4 is 31.9 Å². The molecule has 0 aliphatic rings. The lowest BCUT2D eigenvalue weighted by molar-refractivity contribution is -0.141. The van der Waals surface area contributed by atoms with Crippen molar-refractivity contribution in [1.82, 2.24) is 4.72 Å². The van der Waals surface area contributed by atoms with Crippen molar-refractivity contribution in [3.05, 3.63) is 28.5 Å². The zero-order valence-corrected chi connectivity index (χ0v) is 13.5. The van der Waals surface area contributed by atoms with Crippen LogP contribution in [0, 0.1) is 11.2 Å². The van der Waals surface area contributed by atoms with E-state index in [1.165, 1.54) is 0 Å². The Labute approximate surface area is 125 Å². The van der Waals surface area contributed by atoms with Crippen molar-refractivity contribution in [2.24, 2.45) is 5.41 Å². The molecule has 20 heavy (non-hydrogen) atoms. The average molecular weight is 368 g/mol. The molecule has 0 aliphatic carbocycles. The molecule has 0 aliphatic heterocycles. The Kier molecular flexibility index (Phi) is 4.94. The lowest BCUT2D eigenvalue weighted by atomic mass is 9.88. The van der Waals surface area contributed by atoms with E-state index in [0.29, 0.717) is 0 Å². The highest BCUT2D eigenvalue weighted by molar-refractivity contribution is 9.10. The fraction of sp³-hybridized carbons (Fsp3) is 0.417. The van der Waals surface area contributed by atoms with E-state index in [1.54, 1.807) is 20.8 Å². The van der Waals surface area contributed by atoms with E-state index in [4.69, 9.17) is 5.11 Å². The number of benzene rings is 1. The molecule has 5 nitrogen and oxygen atoms in total. The van der Waals surface area contributed by atoms with Crippen LogP contribution >= 0.6 is 15.9 Å². The van der Waals surface area contributed by atoms with E-state index in [9.17, 15) is 17.6 Å². The second-order valence-corrected chi connectivity index (χ2v) is 7.87. The van der Waals surface area contributed by atoms with Crippen molar-refractivity contribution in [2.75, 3.05) is 0 Å². The zero-order valence-electron chi connectivity index (χ0n) is 11.1. The number of hydrogen-bond acceptors (Lipinski definition) is 3. The number of sulfonamides is 1. The molecule has 0 spiro atoms. The van der Waals surface area contributed by atoms with Crippen LogP contribution in [-0.2, 0) is 14.8 Å². The summed E-state index contributed by atoms with van der Waals surface area (Å²) in [6.07, 6.45) is 0. The maximum absolute atomic E-state index is 13.0. The van der Waals surface area contributed by atoms with Gasteiger partial charge in [0.2, 0.25) is 10.0 Å². The van der Waals surface area contributed by atoms with Crippen LogP contribution in [-0.4, -0.2) is 25.5 Å². The molecule has 1 aromatic rings. The first-order valence-electron chi connectivity index (χ1n) is 5.65. The molecular formula is C12H15BrFNO4S. The van der Waals surface area contributed by atoms with Crippen molar-refractivity contribution in [2.45, 2.75) is 31.7 Å². The molecule has 2 N–H and O–H groups in total. The minimum Gasteiger partial charge on any atom is -0.480 e. The van der Waals surface area contributed by atoms with Gasteiger partial charge in [-0.05, 0) is 39.5 Å². The van der Waals surface area contributed by atoms with Gasteiger partial charge in [-0.3, -0.25) is 4.79 Å². The largest absolute Gasteiger partial charge is 0.480 e. The summed E-state index contributed by atoms with van der Waals surface area (Å²) in [6.45, 7) is 4.82. The molecule has 0 heterocycles. The van der Waals surface area contributed by atoms with E-state index >= 15 is 0 Å². The van der Waals surface area contributed by atoms with Gasteiger partial charge in [0, 0.05) is 4.47 Å². The maximum Gasteiger partial charge on any atom is 0.322 e. The Hall–Kier alpha value is -0.990. The maximum atomic E-state index is 13.0. The van der Waals surface area contributed by atoms with Gasteiger partial charge in [-0.25, -0.2) is 12.8 Å². The normalized spacial score (nSPS) is 14.1. The van der Waals surface area contributed by atoms with Crippen molar-refractivity contribution < 1.29 is 22.7 Å². The fourth-order valence-corrected chi connectivity index (χ4v) is 3.95. The van der Waals surface area contributed by atoms with Gasteiger partial charge in [-0.1, -0.05) is 20.8 Å². The van der Waals surface area contributed by atoms with Crippen LogP contribution in [0.4, 0.5) is 4.39 Å². The molecule has 0 unspecified atom stereocenters. The summed E-state index contributed by atoms with van der Waals surface area (Å²) in [5.74, 6) is -1.87. The Morgan fingerprint density at radius 3 is 2.35 bits per heavy atom. The molecule has 1 rings (SSSR count). The van der Waals surface area contributed by atoms with Crippen LogP contribution in [0.15, 0.2) is 27.6 Å². The molecule has 0 saturated carbocycles. The molecule has 0 amide bonds. The molecule has 8 heteroatoms. The fourth-order valence-electron chi connectivity index (χ4n) is 1.51. The minimum atomic E-state index is -4.08. The smallest absolute Gasteiger partial charge is 0.322 e. The first-order valence-corrected chi connectivity index (χ1v) is 7.93. The van der Waals surface area contributed by atoms with E-state index in [2.05, 4.69) is 20.7 Å². The van der Waals surface area contributed by atoms with Crippen molar-refractivity contribution in [3.63, 3.8) is 0 Å². The number of aliphatic carboxylic acids is 1. The SMILES string of the molecule is CC(C)(C)[C@@H](NS(=O)(=O)c1ccc(F)cc1Br)C(=O)O. The lowest BCUT2D eigenvalue weighted by Gasteiger charge is -2.27. The zero-order chi connectivity index (χ0) is 15.7. The highest BCUT2D eigenvalue weighted by Gasteiger charge is 2.35. The van der Waals surface area contributed by atoms with E-state index in [1.807, 2.05) is 0 Å². The summed E-state index contributed by atoms with van der Waals surface area (Å²) in [4.78, 5) is 11.0. The molecule has 0 saturated heterocycles. The van der Waals surface area contributed by atoms with Crippen LogP contribution in [0.1, 0.15) is 20.8 Å². The highest BCUT2D eigenvalue weighted by atomic mass is 79.9. The number of hydrogen-bond donors (Lipinski definition) is 2. The standard InChI is InChI=1S/C12H15BrFNO4S/c1-12(2,3)10(11(16)17)15-20(18,19)9-5-4-7(14)6-8(9)13/h4-6,10,15H,1-3H3,(H,16,17)/t10-/m0/s1. The Morgan fingerprint density at radius 2 is 1.95 bits per heavy atom. The molecule has 112 valence electrons. The topological polar surface area (TPSA) is 83.5 Å². The Balaban J connectivity index is 3.20. The highest BCUT2D eigenvalue weighted by Crippen LogP contribution is 2.26. The first-order chi connectivity index (χ1) is 8.95. The van der Waals surface area contributed by atoms with E-state index in [0.717, 1.165) is 18.2 Å². The van der Waals surface area contributed by atoms with E-state index in [-0.39, 0.29) is 9.37 Å². The van der Waals surface area contributed by atoms with E-state index < -0.39 is 33.3 Å². The van der Waals surface area contributed by atoms with Crippen LogP contribution in [0.3, 0.4) is 0 Å². The van der Waals surface area contributed by atoms with Crippen LogP contribution in [0.2, 0.25) is 0 Å². The minimum absolute atomic E-state index is 0.0306. The molecule has 1 atom stereocenters. The average Bonchev–Trinajstić information content (AvgIpc) is 2.23. The summed E-state index contributed by atoms with van der Waals surface area (Å²) in [5.41, 5.74) is -0.814. The summed E-state index contributed by atoms with van der Waals surface area (Å²) in [5, 5.41) is 9.13. The van der Waals surface area contributed by atoms with Gasteiger partial charge in [0.05, 0.1) is 4.90 Å². The second-order valence-electron chi connectivity index (χ2n) is 5.33. The van der Waals surface area contributed by atoms with Gasteiger partial charge in [0.1, 0.15) is 11.9 Å². The monoisotopic (exact) mass is 367 g/mol. The molecule has 1 aromatic carbocycles. The summed E-state index contributed by atoms with van der Waals surface area (Å²) in [6, 6.07) is 1.76. The third-order valence-electron chi connectivity index (χ3n) is 2.57. The lowest BCUT2D eigenvalue weighted by Crippen LogP contribution is -2.49. The van der Waals surface area contributed by atoms with Crippen molar-refractivity contribution in [1.29, 1.82) is 0 Å². The van der Waals surface area contributed by atoms with Crippen LogP contribution in [0.5, 0.6) is 0 Å². The molecule has 0 fully saturated rings. The number of carbonyl (C=O) groups is 1. The third-order valence-corrected chi connectivity index (χ3v) is 4.97. The number of rotatable bonds is 4. The predicted octanol–water partition coefficient (Wildman–Crippen LogP) is 2.37. The summed E-state index contributed by atoms with van der Waals surface area (Å²) < 4.78 is 39.5. The van der Waals surface area contributed by atoms with Crippen LogP contribution in [0.25, 0.3) is 0 Å². The third kappa shape index (κ3) is 4.00. The van der Waals surface area contributed by atoms with Gasteiger partial charge in [0.15, 0.2) is 0 Å². The number of halogens is 2. The Bertz CT molecular complexity index is 625. The molecular weight excluding hydrogens is 353 g/mol. The molecule has 0 aromatic heterocycles. The number of nitrogens with one attached hydrogen (secondary N) is 1. The first kappa shape index (κ1) is 17.1. The van der Waals surface area contributed by atoms with Gasteiger partial charge in [-0.15, -0.1) is 0 Å². The molecule has 0 radical (unpaired) electrons. The summed E-state index contributed by atoms with van der Waals surface area (Å²) in [7, 11) is -4.08. The second kappa shape index (κ2) is 5.79. The molecule has 0 bridgehead atoms. The van der Waals surface area contributed by atoms with Gasteiger partial charge < -0.3 is 5.11 Å².